The maximum absolute atomic E-state index is 9.89. The Bertz CT molecular complexity index is 1170. The summed E-state index contributed by atoms with van der Waals surface area (Å²) in [5.74, 6) is 1.08. The quantitative estimate of drug-likeness (QED) is 0.468. The van der Waals surface area contributed by atoms with Crippen LogP contribution in [0.5, 0.6) is 0 Å². The van der Waals surface area contributed by atoms with Crippen LogP contribution in [0.3, 0.4) is 0 Å². The van der Waals surface area contributed by atoms with Gasteiger partial charge in [0.25, 0.3) is 0 Å². The monoisotopic (exact) mass is 369 g/mol. The van der Waals surface area contributed by atoms with E-state index in [1.54, 1.807) is 0 Å². The fourth-order valence-corrected chi connectivity index (χ4v) is 3.89. The van der Waals surface area contributed by atoms with Gasteiger partial charge in [0.15, 0.2) is 0 Å². The summed E-state index contributed by atoms with van der Waals surface area (Å²) in [6.45, 7) is 5.02. The Hall–Kier alpha value is -3.32. The number of aromatic amines is 1. The first-order chi connectivity index (χ1) is 13.7. The van der Waals surface area contributed by atoms with Crippen molar-refractivity contribution in [2.24, 2.45) is 0 Å². The molecule has 4 aromatic rings. The van der Waals surface area contributed by atoms with Crippen molar-refractivity contribution in [2.75, 3.05) is 5.32 Å². The van der Waals surface area contributed by atoms with E-state index in [0.29, 0.717) is 0 Å². The van der Waals surface area contributed by atoms with Crippen LogP contribution in [0, 0.1) is 18.3 Å². The second-order valence-corrected chi connectivity index (χ2v) is 7.21. The van der Waals surface area contributed by atoms with E-state index in [1.165, 1.54) is 11.1 Å². The Labute approximate surface area is 165 Å². The maximum atomic E-state index is 9.89. The molecule has 0 spiro atoms. The van der Waals surface area contributed by atoms with Crippen molar-refractivity contribution in [2.45, 2.75) is 39.7 Å². The van der Waals surface area contributed by atoms with Gasteiger partial charge in [-0.15, -0.1) is 0 Å². The zero-order chi connectivity index (χ0) is 19.5. The first kappa shape index (κ1) is 18.1. The van der Waals surface area contributed by atoms with E-state index in [9.17, 15) is 5.26 Å². The fraction of sp³-hybridized carbons (Fsp3) is 0.250. The van der Waals surface area contributed by atoms with E-state index in [1.807, 2.05) is 18.2 Å². The van der Waals surface area contributed by atoms with E-state index >= 15 is 0 Å². The molecule has 2 aromatic heterocycles. The summed E-state index contributed by atoms with van der Waals surface area (Å²) in [5.41, 5.74) is 7.25. The molecule has 0 aliphatic rings. The second-order valence-electron chi connectivity index (χ2n) is 7.21. The number of anilines is 1. The van der Waals surface area contributed by atoms with Crippen molar-refractivity contribution in [3.63, 3.8) is 0 Å². The molecule has 2 aromatic carbocycles. The lowest BCUT2D eigenvalue weighted by atomic mass is 9.99. The van der Waals surface area contributed by atoms with Crippen LogP contribution in [0.1, 0.15) is 42.0 Å². The minimum atomic E-state index is 0.729. The molecule has 4 rings (SSSR count). The maximum Gasteiger partial charge on any atom is 0.250 e. The summed E-state index contributed by atoms with van der Waals surface area (Å²) in [6, 6.07) is 21.1. The van der Waals surface area contributed by atoms with Crippen molar-refractivity contribution >= 4 is 22.5 Å². The molecular weight excluding hydrogens is 344 g/mol. The summed E-state index contributed by atoms with van der Waals surface area (Å²) < 4.78 is 2.19. The zero-order valence-corrected chi connectivity index (χ0v) is 16.4. The number of para-hydroxylation sites is 2. The average Bonchev–Trinajstić information content (AvgIpc) is 3.11. The predicted octanol–water partition coefficient (Wildman–Crippen LogP) is 5.04. The smallest absolute Gasteiger partial charge is 0.250 e. The van der Waals surface area contributed by atoms with E-state index in [4.69, 9.17) is 0 Å². The highest BCUT2D eigenvalue weighted by Gasteiger charge is 2.25. The lowest BCUT2D eigenvalue weighted by molar-refractivity contribution is -0.465. The topological polar surface area (TPSA) is 55.7 Å². The van der Waals surface area contributed by atoms with Gasteiger partial charge in [0, 0.05) is 5.56 Å². The number of fused-ring (bicyclic) bond motifs is 3. The molecular formula is C24H25N4+. The first-order valence-electron chi connectivity index (χ1n) is 9.90. The molecule has 0 saturated heterocycles. The van der Waals surface area contributed by atoms with Crippen molar-refractivity contribution in [3.05, 3.63) is 76.9 Å². The number of hydrogen-bond donors (Lipinski definition) is 2. The van der Waals surface area contributed by atoms with Crippen LogP contribution >= 0.6 is 0 Å². The summed E-state index contributed by atoms with van der Waals surface area (Å²) in [5, 5.41) is 13.6. The van der Waals surface area contributed by atoms with Crippen LogP contribution in [0.15, 0.2) is 54.6 Å². The molecule has 0 amide bonds. The minimum Gasteiger partial charge on any atom is -0.301 e. The molecule has 2 heterocycles. The SMILES string of the molecule is CCCCc1c(C)c(C#N)c2[nH]c3ccccc3[n+]2c1NCc1ccccc1. The van der Waals surface area contributed by atoms with Crippen LogP contribution in [0.4, 0.5) is 5.82 Å². The zero-order valence-electron chi connectivity index (χ0n) is 16.4. The van der Waals surface area contributed by atoms with Crippen LogP contribution in [-0.4, -0.2) is 4.98 Å². The molecule has 4 heteroatoms. The van der Waals surface area contributed by atoms with Gasteiger partial charge in [-0.05, 0) is 43.0 Å². The second kappa shape index (κ2) is 7.74. The molecule has 140 valence electrons. The molecule has 4 nitrogen and oxygen atoms in total. The molecule has 0 radical (unpaired) electrons. The third-order valence-electron chi connectivity index (χ3n) is 5.39. The lowest BCUT2D eigenvalue weighted by Crippen LogP contribution is -2.29. The fourth-order valence-electron chi connectivity index (χ4n) is 3.89. The van der Waals surface area contributed by atoms with E-state index < -0.39 is 0 Å². The van der Waals surface area contributed by atoms with Gasteiger partial charge in [0.2, 0.25) is 11.5 Å². The van der Waals surface area contributed by atoms with Gasteiger partial charge in [0.1, 0.15) is 22.7 Å². The number of hydrogen-bond acceptors (Lipinski definition) is 2. The number of unbranched alkanes of at least 4 members (excludes halogenated alkanes) is 1. The Morgan fingerprint density at radius 1 is 1.07 bits per heavy atom. The Morgan fingerprint density at radius 3 is 2.57 bits per heavy atom. The number of pyridine rings is 1. The van der Waals surface area contributed by atoms with Crippen molar-refractivity contribution in [1.82, 2.24) is 4.98 Å². The number of nitrogens with zero attached hydrogens (tertiary/aromatic N) is 2. The molecule has 0 aliphatic heterocycles. The van der Waals surface area contributed by atoms with Gasteiger partial charge in [-0.25, -0.2) is 0 Å². The summed E-state index contributed by atoms with van der Waals surface area (Å²) in [7, 11) is 0. The van der Waals surface area contributed by atoms with E-state index in [-0.39, 0.29) is 0 Å². The van der Waals surface area contributed by atoms with Gasteiger partial charge in [-0.3, -0.25) is 4.98 Å². The van der Waals surface area contributed by atoms with Gasteiger partial charge in [-0.1, -0.05) is 55.8 Å². The van der Waals surface area contributed by atoms with E-state index in [0.717, 1.165) is 59.4 Å². The van der Waals surface area contributed by atoms with Gasteiger partial charge in [0.05, 0.1) is 6.54 Å². The number of imidazole rings is 1. The Balaban J connectivity index is 1.96. The predicted molar refractivity (Wildman–Crippen MR) is 113 cm³/mol. The number of aromatic nitrogens is 2. The molecule has 0 fully saturated rings. The van der Waals surface area contributed by atoms with Gasteiger partial charge in [-0.2, -0.15) is 9.66 Å². The minimum absolute atomic E-state index is 0.729. The van der Waals surface area contributed by atoms with Crippen LogP contribution in [0.25, 0.3) is 16.7 Å². The highest BCUT2D eigenvalue weighted by molar-refractivity contribution is 5.78. The third kappa shape index (κ3) is 3.10. The van der Waals surface area contributed by atoms with Crippen molar-refractivity contribution < 1.29 is 4.40 Å². The van der Waals surface area contributed by atoms with E-state index in [2.05, 4.69) is 71.0 Å². The number of H-pyrrole nitrogens is 1. The first-order valence-corrected chi connectivity index (χ1v) is 9.90. The molecule has 0 bridgehead atoms. The standard InChI is InChI=1S/C24H24N4/c1-3-4-12-19-17(2)20(15-25)24-27-21-13-8-9-14-22(21)28(24)23(19)26-16-18-10-6-5-7-11-18/h5-11,13-14H,3-4,12,16H2,1-2H3,(H,26,27)/p+1. The summed E-state index contributed by atoms with van der Waals surface area (Å²) >= 11 is 0. The number of nitrogens with one attached hydrogen (secondary N) is 2. The highest BCUT2D eigenvalue weighted by Crippen LogP contribution is 2.27. The molecule has 0 atom stereocenters. The van der Waals surface area contributed by atoms with Crippen LogP contribution < -0.4 is 9.72 Å². The highest BCUT2D eigenvalue weighted by atomic mass is 15.1. The summed E-state index contributed by atoms with van der Waals surface area (Å²) in [4.78, 5) is 3.46. The third-order valence-corrected chi connectivity index (χ3v) is 5.39. The van der Waals surface area contributed by atoms with Crippen LogP contribution in [0.2, 0.25) is 0 Å². The largest absolute Gasteiger partial charge is 0.301 e. The normalized spacial score (nSPS) is 11.0. The molecule has 0 saturated carbocycles. The molecule has 0 aliphatic carbocycles. The lowest BCUT2D eigenvalue weighted by Gasteiger charge is -2.14. The van der Waals surface area contributed by atoms with Gasteiger partial charge < -0.3 is 5.32 Å². The Kier molecular flexibility index (Phi) is 4.99. The molecule has 28 heavy (non-hydrogen) atoms. The molecule has 0 unspecified atom stereocenters. The summed E-state index contributed by atoms with van der Waals surface area (Å²) in [6.07, 6.45) is 3.17. The average molecular weight is 369 g/mol. The molecule has 2 N–H and O–H groups in total. The van der Waals surface area contributed by atoms with Gasteiger partial charge >= 0.3 is 0 Å². The van der Waals surface area contributed by atoms with Crippen molar-refractivity contribution in [1.29, 1.82) is 5.26 Å². The van der Waals surface area contributed by atoms with Crippen molar-refractivity contribution in [3.8, 4) is 6.07 Å². The number of rotatable bonds is 6. The Morgan fingerprint density at radius 2 is 1.82 bits per heavy atom. The number of benzene rings is 2. The number of nitriles is 1. The van der Waals surface area contributed by atoms with Crippen LogP contribution in [-0.2, 0) is 13.0 Å².